The quantitative estimate of drug-likeness (QED) is 0.903. The monoisotopic (exact) mass is 310 g/mol. The molecule has 0 saturated carbocycles. The highest BCUT2D eigenvalue weighted by molar-refractivity contribution is 9.10. The number of benzene rings is 1. The molecule has 1 N–H and O–H groups in total. The van der Waals surface area contributed by atoms with Gasteiger partial charge in [-0.1, -0.05) is 28.1 Å². The smallest absolute Gasteiger partial charge is 0.248 e. The Balaban J connectivity index is 2.15. The first-order valence-corrected chi connectivity index (χ1v) is 6.52. The van der Waals surface area contributed by atoms with Gasteiger partial charge in [0.15, 0.2) is 0 Å². The summed E-state index contributed by atoms with van der Waals surface area (Å²) >= 11 is 3.37. The molecule has 1 aliphatic heterocycles. The van der Waals surface area contributed by atoms with Gasteiger partial charge in [0, 0.05) is 11.0 Å². The van der Waals surface area contributed by atoms with Crippen LogP contribution in [0.1, 0.15) is 19.4 Å². The fourth-order valence-corrected chi connectivity index (χ4v) is 2.28. The first-order chi connectivity index (χ1) is 8.38. The number of piperazine rings is 1. The topological polar surface area (TPSA) is 49.4 Å². The Hall–Kier alpha value is -1.36. The first-order valence-electron chi connectivity index (χ1n) is 5.73. The highest BCUT2D eigenvalue weighted by Gasteiger charge is 2.38. The van der Waals surface area contributed by atoms with Crippen molar-refractivity contribution in [1.82, 2.24) is 10.2 Å². The molecule has 18 heavy (non-hydrogen) atoms. The molecular formula is C13H15BrN2O2. The third-order valence-corrected chi connectivity index (χ3v) is 3.42. The molecule has 0 bridgehead atoms. The van der Waals surface area contributed by atoms with Crippen LogP contribution in [0.3, 0.4) is 0 Å². The van der Waals surface area contributed by atoms with Crippen molar-refractivity contribution in [3.05, 3.63) is 34.3 Å². The summed E-state index contributed by atoms with van der Waals surface area (Å²) in [5.74, 6) is -0.165. The molecule has 0 aliphatic carbocycles. The molecule has 0 aromatic heterocycles. The number of hydrogen-bond donors (Lipinski definition) is 1. The molecule has 0 spiro atoms. The summed E-state index contributed by atoms with van der Waals surface area (Å²) in [5, 5.41) is 2.69. The zero-order valence-corrected chi connectivity index (χ0v) is 12.0. The van der Waals surface area contributed by atoms with Crippen molar-refractivity contribution in [2.75, 3.05) is 6.54 Å². The minimum absolute atomic E-state index is 0.0509. The second-order valence-corrected chi connectivity index (χ2v) is 5.88. The fourth-order valence-electron chi connectivity index (χ4n) is 2.02. The predicted octanol–water partition coefficient (Wildman–Crippen LogP) is 1.69. The minimum Gasteiger partial charge on any atom is -0.341 e. The number of nitrogens with one attached hydrogen (secondary N) is 1. The number of rotatable bonds is 2. The highest BCUT2D eigenvalue weighted by Crippen LogP contribution is 2.17. The molecule has 4 nitrogen and oxygen atoms in total. The summed E-state index contributed by atoms with van der Waals surface area (Å²) in [6.07, 6.45) is 0. The summed E-state index contributed by atoms with van der Waals surface area (Å²) in [7, 11) is 0. The Morgan fingerprint density at radius 3 is 2.50 bits per heavy atom. The molecule has 0 atom stereocenters. The van der Waals surface area contributed by atoms with Crippen molar-refractivity contribution in [3.8, 4) is 0 Å². The van der Waals surface area contributed by atoms with E-state index < -0.39 is 5.54 Å². The predicted molar refractivity (Wildman–Crippen MR) is 71.8 cm³/mol. The number of nitrogens with zero attached hydrogens (tertiary/aromatic N) is 1. The van der Waals surface area contributed by atoms with E-state index in [2.05, 4.69) is 21.2 Å². The van der Waals surface area contributed by atoms with Crippen LogP contribution in [0.25, 0.3) is 0 Å². The van der Waals surface area contributed by atoms with Gasteiger partial charge >= 0.3 is 0 Å². The lowest BCUT2D eigenvalue weighted by Crippen LogP contribution is -2.63. The second-order valence-electron chi connectivity index (χ2n) is 4.96. The fraction of sp³-hybridized carbons (Fsp3) is 0.385. The molecule has 0 unspecified atom stereocenters. The summed E-state index contributed by atoms with van der Waals surface area (Å²) in [6, 6.07) is 7.73. The van der Waals surface area contributed by atoms with Crippen molar-refractivity contribution in [2.45, 2.75) is 25.9 Å². The summed E-state index contributed by atoms with van der Waals surface area (Å²) in [4.78, 5) is 25.3. The lowest BCUT2D eigenvalue weighted by molar-refractivity contribution is -0.148. The van der Waals surface area contributed by atoms with E-state index in [0.29, 0.717) is 6.54 Å². The van der Waals surface area contributed by atoms with Crippen LogP contribution in [0, 0.1) is 0 Å². The molecule has 0 radical (unpaired) electrons. The van der Waals surface area contributed by atoms with Gasteiger partial charge in [0.2, 0.25) is 11.8 Å². The van der Waals surface area contributed by atoms with E-state index >= 15 is 0 Å². The Morgan fingerprint density at radius 1 is 1.28 bits per heavy atom. The minimum atomic E-state index is -0.815. The van der Waals surface area contributed by atoms with Gasteiger partial charge in [-0.3, -0.25) is 9.59 Å². The van der Waals surface area contributed by atoms with Crippen molar-refractivity contribution in [3.63, 3.8) is 0 Å². The van der Waals surface area contributed by atoms with Crippen molar-refractivity contribution in [1.29, 1.82) is 0 Å². The maximum Gasteiger partial charge on any atom is 0.248 e. The van der Waals surface area contributed by atoms with Crippen LogP contribution < -0.4 is 5.32 Å². The van der Waals surface area contributed by atoms with E-state index in [0.717, 1.165) is 10.0 Å². The number of halogens is 1. The molecular weight excluding hydrogens is 296 g/mol. The Labute approximate surface area is 114 Å². The highest BCUT2D eigenvalue weighted by atomic mass is 79.9. The van der Waals surface area contributed by atoms with Gasteiger partial charge in [-0.15, -0.1) is 0 Å². The maximum atomic E-state index is 12.2. The average molecular weight is 311 g/mol. The molecule has 1 aliphatic rings. The Kier molecular flexibility index (Phi) is 3.43. The van der Waals surface area contributed by atoms with Gasteiger partial charge in [0.25, 0.3) is 0 Å². The number of carbonyl (C=O) groups is 2. The molecule has 1 heterocycles. The summed E-state index contributed by atoms with van der Waals surface area (Å²) in [5.41, 5.74) is 0.196. The van der Waals surface area contributed by atoms with Crippen LogP contribution in [0.5, 0.6) is 0 Å². The van der Waals surface area contributed by atoms with Gasteiger partial charge in [-0.25, -0.2) is 0 Å². The van der Waals surface area contributed by atoms with E-state index in [-0.39, 0.29) is 18.4 Å². The molecule has 2 rings (SSSR count). The van der Waals surface area contributed by atoms with Crippen LogP contribution in [0.2, 0.25) is 0 Å². The van der Waals surface area contributed by atoms with E-state index in [9.17, 15) is 9.59 Å². The van der Waals surface area contributed by atoms with E-state index in [4.69, 9.17) is 0 Å². The van der Waals surface area contributed by atoms with E-state index in [1.165, 1.54) is 0 Å². The van der Waals surface area contributed by atoms with E-state index in [1.807, 2.05) is 24.3 Å². The van der Waals surface area contributed by atoms with Crippen LogP contribution in [-0.2, 0) is 16.1 Å². The average Bonchev–Trinajstić information content (AvgIpc) is 2.28. The standard InChI is InChI=1S/C13H15BrN2O2/c1-13(2)12(18)16(8-11(17)15-13)7-9-3-5-10(14)6-4-9/h3-6H,7-8H2,1-2H3,(H,15,17). The lowest BCUT2D eigenvalue weighted by atomic mass is 10.00. The van der Waals surface area contributed by atoms with Crippen molar-refractivity contribution in [2.24, 2.45) is 0 Å². The van der Waals surface area contributed by atoms with Crippen LogP contribution >= 0.6 is 15.9 Å². The summed E-state index contributed by atoms with van der Waals surface area (Å²) < 4.78 is 0.995. The first kappa shape index (κ1) is 13.1. The van der Waals surface area contributed by atoms with Gasteiger partial charge in [0.1, 0.15) is 5.54 Å². The zero-order valence-electron chi connectivity index (χ0n) is 10.4. The molecule has 1 fully saturated rings. The van der Waals surface area contributed by atoms with Crippen molar-refractivity contribution < 1.29 is 9.59 Å². The molecule has 96 valence electrons. The van der Waals surface area contributed by atoms with Gasteiger partial charge in [-0.2, -0.15) is 0 Å². The van der Waals surface area contributed by atoms with Crippen molar-refractivity contribution >= 4 is 27.7 Å². The van der Waals surface area contributed by atoms with Crippen LogP contribution in [-0.4, -0.2) is 28.8 Å². The largest absolute Gasteiger partial charge is 0.341 e. The Morgan fingerprint density at radius 2 is 1.89 bits per heavy atom. The van der Waals surface area contributed by atoms with Crippen LogP contribution in [0.15, 0.2) is 28.7 Å². The van der Waals surface area contributed by atoms with Gasteiger partial charge < -0.3 is 10.2 Å². The Bertz CT molecular complexity index is 482. The number of carbonyl (C=O) groups excluding carboxylic acids is 2. The van der Waals surface area contributed by atoms with E-state index in [1.54, 1.807) is 18.7 Å². The third-order valence-electron chi connectivity index (χ3n) is 2.89. The third kappa shape index (κ3) is 2.72. The van der Waals surface area contributed by atoms with Crippen LogP contribution in [0.4, 0.5) is 0 Å². The maximum absolute atomic E-state index is 12.2. The molecule has 1 saturated heterocycles. The summed E-state index contributed by atoms with van der Waals surface area (Å²) in [6.45, 7) is 4.03. The lowest BCUT2D eigenvalue weighted by Gasteiger charge is -2.37. The van der Waals surface area contributed by atoms with Gasteiger partial charge in [0.05, 0.1) is 6.54 Å². The zero-order chi connectivity index (χ0) is 13.3. The molecule has 5 heteroatoms. The molecule has 2 amide bonds. The number of hydrogen-bond acceptors (Lipinski definition) is 2. The number of amides is 2. The second kappa shape index (κ2) is 4.72. The molecule has 1 aromatic carbocycles. The normalized spacial score (nSPS) is 18.7. The SMILES string of the molecule is CC1(C)NC(=O)CN(Cc2ccc(Br)cc2)C1=O. The van der Waals surface area contributed by atoms with Gasteiger partial charge in [-0.05, 0) is 31.5 Å². The molecule has 1 aromatic rings.